The molecule has 1 amide bonds. The molecule has 2 N–H and O–H groups in total. The van der Waals surface area contributed by atoms with E-state index in [9.17, 15) is 24.6 Å². The molecule has 7 nitrogen and oxygen atoms in total. The third-order valence-electron chi connectivity index (χ3n) is 4.48. The molecule has 150 valence electrons. The third kappa shape index (κ3) is 4.77. The number of carbonyl (C=O) groups is 1. The second-order valence-electron chi connectivity index (χ2n) is 6.55. The molecule has 3 aromatic carbocycles. The highest BCUT2D eigenvalue weighted by Crippen LogP contribution is 2.26. The van der Waals surface area contributed by atoms with E-state index in [1.807, 2.05) is 25.1 Å². The topological polar surface area (TPSA) is 108 Å². The van der Waals surface area contributed by atoms with Gasteiger partial charge in [0.1, 0.15) is 11.9 Å². The zero-order valence-corrected chi connectivity index (χ0v) is 15.9. The van der Waals surface area contributed by atoms with Crippen molar-refractivity contribution in [2.45, 2.75) is 13.0 Å². The maximum atomic E-state index is 13.0. The van der Waals surface area contributed by atoms with Gasteiger partial charge < -0.3 is 10.6 Å². The summed E-state index contributed by atoms with van der Waals surface area (Å²) >= 11 is 0. The minimum absolute atomic E-state index is 0.147. The van der Waals surface area contributed by atoms with Gasteiger partial charge in [-0.05, 0) is 55.0 Å². The van der Waals surface area contributed by atoms with E-state index in [2.05, 4.69) is 10.6 Å². The standard InChI is InChI=1S/C22H17FN4O3/c1-14(25-21-11-10-20(27(29)30)12-17(21)13-24)15-4-8-19(9-5-15)26-22(28)16-2-6-18(23)7-3-16/h2-12,14,25H,1H3,(H,26,28). The third-order valence-corrected chi connectivity index (χ3v) is 4.48. The average Bonchev–Trinajstić information content (AvgIpc) is 2.74. The number of benzene rings is 3. The van der Waals surface area contributed by atoms with Crippen LogP contribution in [0.5, 0.6) is 0 Å². The van der Waals surface area contributed by atoms with Crippen LogP contribution in [0.1, 0.15) is 34.5 Å². The van der Waals surface area contributed by atoms with Crippen LogP contribution < -0.4 is 10.6 Å². The summed E-state index contributed by atoms with van der Waals surface area (Å²) in [5.74, 6) is -0.761. The Labute approximate surface area is 171 Å². The Bertz CT molecular complexity index is 1120. The van der Waals surface area contributed by atoms with Crippen LogP contribution in [0, 0.1) is 27.3 Å². The molecule has 1 unspecified atom stereocenters. The highest BCUT2D eigenvalue weighted by molar-refractivity contribution is 6.04. The fourth-order valence-corrected chi connectivity index (χ4v) is 2.84. The van der Waals surface area contributed by atoms with Crippen molar-refractivity contribution in [2.24, 2.45) is 0 Å². The summed E-state index contributed by atoms with van der Waals surface area (Å²) < 4.78 is 13.0. The number of hydrogen-bond acceptors (Lipinski definition) is 5. The number of anilines is 2. The summed E-state index contributed by atoms with van der Waals surface area (Å²) in [6.07, 6.45) is 0. The molecule has 0 aliphatic heterocycles. The van der Waals surface area contributed by atoms with Gasteiger partial charge in [0.2, 0.25) is 0 Å². The number of non-ortho nitro benzene ring substituents is 1. The monoisotopic (exact) mass is 404 g/mol. The number of hydrogen-bond donors (Lipinski definition) is 2. The number of amides is 1. The van der Waals surface area contributed by atoms with Crippen molar-refractivity contribution in [3.8, 4) is 6.07 Å². The van der Waals surface area contributed by atoms with E-state index in [1.54, 1.807) is 12.1 Å². The number of nitrogens with one attached hydrogen (secondary N) is 2. The quantitative estimate of drug-likeness (QED) is 0.442. The number of carbonyl (C=O) groups excluding carboxylic acids is 1. The van der Waals surface area contributed by atoms with Crippen LogP contribution in [0.2, 0.25) is 0 Å². The van der Waals surface area contributed by atoms with Crippen molar-refractivity contribution < 1.29 is 14.1 Å². The van der Waals surface area contributed by atoms with E-state index in [4.69, 9.17) is 0 Å². The number of nitriles is 1. The molecule has 0 fully saturated rings. The van der Waals surface area contributed by atoms with Gasteiger partial charge in [0.05, 0.1) is 16.2 Å². The van der Waals surface area contributed by atoms with Gasteiger partial charge in [-0.2, -0.15) is 5.26 Å². The first kappa shape index (κ1) is 20.5. The largest absolute Gasteiger partial charge is 0.377 e. The molecule has 8 heteroatoms. The Kier molecular flexibility index (Phi) is 6.03. The van der Waals surface area contributed by atoms with Gasteiger partial charge >= 0.3 is 0 Å². The van der Waals surface area contributed by atoms with Crippen LogP contribution in [-0.2, 0) is 0 Å². The van der Waals surface area contributed by atoms with Crippen LogP contribution in [-0.4, -0.2) is 10.8 Å². The highest BCUT2D eigenvalue weighted by atomic mass is 19.1. The molecule has 0 aliphatic rings. The lowest BCUT2D eigenvalue weighted by molar-refractivity contribution is -0.384. The van der Waals surface area contributed by atoms with Gasteiger partial charge in [-0.1, -0.05) is 12.1 Å². The Balaban J connectivity index is 1.69. The fourth-order valence-electron chi connectivity index (χ4n) is 2.84. The Hall–Kier alpha value is -4.25. The Morgan fingerprint density at radius 2 is 1.77 bits per heavy atom. The summed E-state index contributed by atoms with van der Waals surface area (Å²) in [5, 5.41) is 26.0. The first-order valence-corrected chi connectivity index (χ1v) is 8.99. The van der Waals surface area contributed by atoms with Gasteiger partial charge in [-0.15, -0.1) is 0 Å². The zero-order chi connectivity index (χ0) is 21.7. The summed E-state index contributed by atoms with van der Waals surface area (Å²) in [7, 11) is 0. The van der Waals surface area contributed by atoms with E-state index in [0.29, 0.717) is 16.9 Å². The van der Waals surface area contributed by atoms with Crippen LogP contribution in [0.3, 0.4) is 0 Å². The van der Waals surface area contributed by atoms with Crippen LogP contribution in [0.4, 0.5) is 21.5 Å². The lowest BCUT2D eigenvalue weighted by atomic mass is 10.1. The van der Waals surface area contributed by atoms with E-state index in [0.717, 1.165) is 5.56 Å². The van der Waals surface area contributed by atoms with Crippen LogP contribution >= 0.6 is 0 Å². The number of nitro groups is 1. The number of rotatable bonds is 6. The van der Waals surface area contributed by atoms with E-state index in [1.165, 1.54) is 42.5 Å². The van der Waals surface area contributed by atoms with Gasteiger partial charge in [0, 0.05) is 29.4 Å². The second-order valence-corrected chi connectivity index (χ2v) is 6.55. The van der Waals surface area contributed by atoms with Crippen molar-refractivity contribution in [3.05, 3.63) is 99.4 Å². The van der Waals surface area contributed by atoms with Crippen molar-refractivity contribution >= 4 is 23.0 Å². The first-order valence-electron chi connectivity index (χ1n) is 8.99. The average molecular weight is 404 g/mol. The maximum Gasteiger partial charge on any atom is 0.270 e. The van der Waals surface area contributed by atoms with Crippen molar-refractivity contribution in [1.82, 2.24) is 0 Å². The van der Waals surface area contributed by atoms with Gasteiger partial charge in [-0.25, -0.2) is 4.39 Å². The maximum absolute atomic E-state index is 13.0. The summed E-state index contributed by atoms with van der Waals surface area (Å²) in [6.45, 7) is 1.88. The molecule has 0 saturated heterocycles. The minimum Gasteiger partial charge on any atom is -0.377 e. The molecule has 0 bridgehead atoms. The number of nitrogens with zero attached hydrogens (tertiary/aromatic N) is 2. The SMILES string of the molecule is CC(Nc1ccc([N+](=O)[O-])cc1C#N)c1ccc(NC(=O)c2ccc(F)cc2)cc1. The number of halogens is 1. The molecule has 3 rings (SSSR count). The summed E-state index contributed by atoms with van der Waals surface area (Å²) in [4.78, 5) is 22.5. The molecule has 0 spiro atoms. The molecule has 3 aromatic rings. The Morgan fingerprint density at radius 1 is 1.10 bits per heavy atom. The van der Waals surface area contributed by atoms with Gasteiger partial charge in [0.25, 0.3) is 11.6 Å². The molecule has 0 aromatic heterocycles. The summed E-state index contributed by atoms with van der Waals surface area (Å²) in [6, 6.07) is 18.2. The van der Waals surface area contributed by atoms with Crippen LogP contribution in [0.25, 0.3) is 0 Å². The molecular formula is C22H17FN4O3. The molecule has 1 atom stereocenters. The lowest BCUT2D eigenvalue weighted by Gasteiger charge is -2.17. The molecule has 30 heavy (non-hydrogen) atoms. The number of nitro benzene ring substituents is 1. The van der Waals surface area contributed by atoms with Gasteiger partial charge in [0.15, 0.2) is 0 Å². The predicted molar refractivity (Wildman–Crippen MR) is 111 cm³/mol. The predicted octanol–water partition coefficient (Wildman–Crippen LogP) is 5.03. The molecule has 0 aliphatic carbocycles. The van der Waals surface area contributed by atoms with Crippen LogP contribution in [0.15, 0.2) is 66.7 Å². The zero-order valence-electron chi connectivity index (χ0n) is 15.9. The van der Waals surface area contributed by atoms with E-state index < -0.39 is 10.7 Å². The smallest absolute Gasteiger partial charge is 0.270 e. The lowest BCUT2D eigenvalue weighted by Crippen LogP contribution is -2.12. The van der Waals surface area contributed by atoms with Crippen molar-refractivity contribution in [2.75, 3.05) is 10.6 Å². The van der Waals surface area contributed by atoms with E-state index in [-0.39, 0.29) is 23.2 Å². The molecule has 0 heterocycles. The molecule has 0 saturated carbocycles. The molecular weight excluding hydrogens is 387 g/mol. The normalized spacial score (nSPS) is 11.2. The van der Waals surface area contributed by atoms with Gasteiger partial charge in [-0.3, -0.25) is 14.9 Å². The summed E-state index contributed by atoms with van der Waals surface area (Å²) in [5.41, 5.74) is 2.33. The first-order chi connectivity index (χ1) is 14.4. The van der Waals surface area contributed by atoms with E-state index >= 15 is 0 Å². The fraction of sp³-hybridized carbons (Fsp3) is 0.0909. The van der Waals surface area contributed by atoms with Crippen molar-refractivity contribution in [1.29, 1.82) is 5.26 Å². The Morgan fingerprint density at radius 3 is 2.37 bits per heavy atom. The molecule has 0 radical (unpaired) electrons. The minimum atomic E-state index is -0.549. The van der Waals surface area contributed by atoms with Crippen molar-refractivity contribution in [3.63, 3.8) is 0 Å². The second kappa shape index (κ2) is 8.84. The highest BCUT2D eigenvalue weighted by Gasteiger charge is 2.13.